The van der Waals surface area contributed by atoms with E-state index in [1.54, 1.807) is 42.4 Å². The van der Waals surface area contributed by atoms with Gasteiger partial charge < -0.3 is 10.2 Å². The molecule has 6 heteroatoms. The molecule has 0 radical (unpaired) electrons. The number of aryl methyl sites for hydroxylation is 2. The maximum Gasteiger partial charge on any atom is 0.416 e. The molecule has 0 unspecified atom stereocenters. The van der Waals surface area contributed by atoms with Crippen molar-refractivity contribution in [3.63, 3.8) is 0 Å². The Labute approximate surface area is 188 Å². The van der Waals surface area contributed by atoms with Gasteiger partial charge in [-0.05, 0) is 82.0 Å². The van der Waals surface area contributed by atoms with E-state index in [0.29, 0.717) is 11.3 Å². The Kier molecular flexibility index (Phi) is 8.70. The molecule has 2 aromatic carbocycles. The number of unbranched alkanes of at least 4 members (excludes halogenated alkanes) is 1. The predicted octanol–water partition coefficient (Wildman–Crippen LogP) is 7.87. The van der Waals surface area contributed by atoms with Crippen LogP contribution in [0.1, 0.15) is 67.6 Å². The van der Waals surface area contributed by atoms with Gasteiger partial charge in [0.05, 0.1) is 5.56 Å². The van der Waals surface area contributed by atoms with Crippen LogP contribution in [0.5, 0.6) is 0 Å². The number of hydrogen-bond donors (Lipinski definition) is 1. The summed E-state index contributed by atoms with van der Waals surface area (Å²) in [5.74, 6) is -0.444. The number of nitrogens with zero attached hydrogens (tertiary/aromatic N) is 1. The lowest BCUT2D eigenvalue weighted by molar-refractivity contribution is -0.137. The molecule has 0 aromatic heterocycles. The molecule has 2 rings (SSSR count). The molecule has 0 aliphatic rings. The van der Waals surface area contributed by atoms with Crippen molar-refractivity contribution in [2.75, 3.05) is 10.2 Å². The van der Waals surface area contributed by atoms with Crippen LogP contribution in [-0.4, -0.2) is 5.91 Å². The third kappa shape index (κ3) is 7.01. The summed E-state index contributed by atoms with van der Waals surface area (Å²) >= 11 is 0. The molecule has 0 heterocycles. The summed E-state index contributed by atoms with van der Waals surface area (Å²) in [5, 5.41) is 2.64. The van der Waals surface area contributed by atoms with Crippen molar-refractivity contribution in [1.82, 2.24) is 0 Å². The van der Waals surface area contributed by atoms with E-state index in [0.717, 1.165) is 42.5 Å². The zero-order valence-corrected chi connectivity index (χ0v) is 19.3. The summed E-state index contributed by atoms with van der Waals surface area (Å²) in [5.41, 5.74) is 3.07. The Bertz CT molecular complexity index is 1000. The van der Waals surface area contributed by atoms with Crippen LogP contribution in [0.25, 0.3) is 0 Å². The summed E-state index contributed by atoms with van der Waals surface area (Å²) in [6.45, 7) is 9.57. The molecular weight excluding hydrogens is 413 g/mol. The molecule has 32 heavy (non-hydrogen) atoms. The van der Waals surface area contributed by atoms with Gasteiger partial charge in [0, 0.05) is 29.3 Å². The van der Waals surface area contributed by atoms with Crippen molar-refractivity contribution < 1.29 is 18.0 Å². The fraction of sp³-hybridized carbons (Fsp3) is 0.346. The summed E-state index contributed by atoms with van der Waals surface area (Å²) < 4.78 is 40.7. The highest BCUT2D eigenvalue weighted by Crippen LogP contribution is 2.35. The lowest BCUT2D eigenvalue weighted by Gasteiger charge is -2.20. The van der Waals surface area contributed by atoms with Gasteiger partial charge in [0.2, 0.25) is 0 Å². The van der Waals surface area contributed by atoms with Crippen molar-refractivity contribution in [2.45, 2.75) is 60.1 Å². The highest BCUT2D eigenvalue weighted by Gasteiger charge is 2.31. The lowest BCUT2D eigenvalue weighted by Crippen LogP contribution is -2.16. The highest BCUT2D eigenvalue weighted by atomic mass is 19.4. The summed E-state index contributed by atoms with van der Waals surface area (Å²) in [4.78, 5) is 14.4. The smallest absolute Gasteiger partial charge is 0.324 e. The molecule has 0 aliphatic heterocycles. The average molecular weight is 445 g/mol. The third-order valence-corrected chi connectivity index (χ3v) is 4.91. The van der Waals surface area contributed by atoms with E-state index < -0.39 is 17.6 Å². The van der Waals surface area contributed by atoms with Crippen LogP contribution in [0.3, 0.4) is 0 Å². The van der Waals surface area contributed by atoms with E-state index in [1.165, 1.54) is 11.6 Å². The van der Waals surface area contributed by atoms with Crippen molar-refractivity contribution >= 4 is 17.3 Å². The van der Waals surface area contributed by atoms with E-state index in [9.17, 15) is 18.0 Å². The number of nitrogens with one attached hydrogen (secondary N) is 1. The van der Waals surface area contributed by atoms with Crippen molar-refractivity contribution in [1.29, 1.82) is 0 Å². The molecule has 0 spiro atoms. The minimum atomic E-state index is -4.54. The Morgan fingerprint density at radius 1 is 1.12 bits per heavy atom. The van der Waals surface area contributed by atoms with Crippen LogP contribution in [0, 0.1) is 6.92 Å². The zero-order chi connectivity index (χ0) is 23.9. The molecule has 0 aliphatic carbocycles. The second kappa shape index (κ2) is 11.0. The number of anilines is 2. The molecule has 172 valence electrons. The normalized spacial score (nSPS) is 11.5. The minimum Gasteiger partial charge on any atom is -0.324 e. The first kappa shape index (κ1) is 25.2. The molecule has 1 amide bonds. The molecule has 0 saturated heterocycles. The standard InChI is InChI=1S/C26H31F3N2O/c1-6-8-9-20-10-11-21(13-19(20)5)25(32)30-23-14-22(26(27,28)29)15-24(16-23)31(12-7-2)17-18(3)4/h7,10-17H,6,8-9H2,1-5H3,(H,30,32)/b12-7-. The second-order valence-electron chi connectivity index (χ2n) is 8.06. The first-order valence-corrected chi connectivity index (χ1v) is 10.7. The van der Waals surface area contributed by atoms with Crippen molar-refractivity contribution in [3.8, 4) is 0 Å². The number of carbonyl (C=O) groups excluding carboxylic acids is 1. The van der Waals surface area contributed by atoms with E-state index in [1.807, 2.05) is 26.8 Å². The molecule has 0 bridgehead atoms. The average Bonchev–Trinajstić information content (AvgIpc) is 2.71. The largest absolute Gasteiger partial charge is 0.416 e. The Morgan fingerprint density at radius 2 is 1.84 bits per heavy atom. The number of halogens is 3. The van der Waals surface area contributed by atoms with E-state index in [-0.39, 0.29) is 5.69 Å². The van der Waals surface area contributed by atoms with Gasteiger partial charge in [0.15, 0.2) is 0 Å². The number of benzene rings is 2. The molecule has 2 aromatic rings. The van der Waals surface area contributed by atoms with Gasteiger partial charge in [-0.25, -0.2) is 0 Å². The van der Waals surface area contributed by atoms with Gasteiger partial charge in [-0.2, -0.15) is 13.2 Å². The quantitative estimate of drug-likeness (QED) is 0.449. The Hall–Kier alpha value is -3.02. The number of alkyl halides is 3. The van der Waals surface area contributed by atoms with Crippen LogP contribution in [0.4, 0.5) is 24.5 Å². The predicted molar refractivity (Wildman–Crippen MR) is 126 cm³/mol. The zero-order valence-electron chi connectivity index (χ0n) is 19.3. The maximum atomic E-state index is 13.6. The SMILES string of the molecule is C/C=C\N(C=C(C)C)c1cc(NC(=O)c2ccc(CCCC)c(C)c2)cc(C(F)(F)F)c1. The number of carbonyl (C=O) groups is 1. The molecule has 0 fully saturated rings. The van der Waals surface area contributed by atoms with Crippen LogP contribution >= 0.6 is 0 Å². The maximum absolute atomic E-state index is 13.6. The summed E-state index contributed by atoms with van der Waals surface area (Å²) in [6.07, 6.45) is 3.68. The first-order chi connectivity index (χ1) is 15.0. The summed E-state index contributed by atoms with van der Waals surface area (Å²) in [6, 6.07) is 8.98. The molecule has 1 N–H and O–H groups in total. The van der Waals surface area contributed by atoms with Gasteiger partial charge in [-0.15, -0.1) is 0 Å². The van der Waals surface area contributed by atoms with Crippen LogP contribution in [-0.2, 0) is 12.6 Å². The topological polar surface area (TPSA) is 32.3 Å². The van der Waals surface area contributed by atoms with E-state index >= 15 is 0 Å². The van der Waals surface area contributed by atoms with Crippen molar-refractivity contribution in [3.05, 3.63) is 82.7 Å². The van der Waals surface area contributed by atoms with Gasteiger partial charge in [0.25, 0.3) is 5.91 Å². The molecule has 3 nitrogen and oxygen atoms in total. The number of allylic oxidation sites excluding steroid dienone is 2. The van der Waals surface area contributed by atoms with Crippen LogP contribution in [0.2, 0.25) is 0 Å². The summed E-state index contributed by atoms with van der Waals surface area (Å²) in [7, 11) is 0. The monoisotopic (exact) mass is 444 g/mol. The lowest BCUT2D eigenvalue weighted by atomic mass is 10.00. The molecule has 0 atom stereocenters. The fourth-order valence-corrected chi connectivity index (χ4v) is 3.33. The molecular formula is C26H31F3N2O. The third-order valence-electron chi connectivity index (χ3n) is 4.91. The Balaban J connectivity index is 2.41. The minimum absolute atomic E-state index is 0.0872. The van der Waals surface area contributed by atoms with E-state index in [4.69, 9.17) is 0 Å². The first-order valence-electron chi connectivity index (χ1n) is 10.7. The number of rotatable bonds is 8. The van der Waals surface area contributed by atoms with Gasteiger partial charge in [-0.3, -0.25) is 4.79 Å². The number of hydrogen-bond acceptors (Lipinski definition) is 2. The molecule has 0 saturated carbocycles. The number of amides is 1. The van der Waals surface area contributed by atoms with Gasteiger partial charge in [-0.1, -0.05) is 31.1 Å². The Morgan fingerprint density at radius 3 is 2.41 bits per heavy atom. The second-order valence-corrected chi connectivity index (χ2v) is 8.06. The van der Waals surface area contributed by atoms with E-state index in [2.05, 4.69) is 12.2 Å². The van der Waals surface area contributed by atoms with Crippen molar-refractivity contribution in [2.24, 2.45) is 0 Å². The fourth-order valence-electron chi connectivity index (χ4n) is 3.33. The van der Waals surface area contributed by atoms with Crippen LogP contribution < -0.4 is 10.2 Å². The highest BCUT2D eigenvalue weighted by molar-refractivity contribution is 6.04. The van der Waals surface area contributed by atoms with Gasteiger partial charge in [0.1, 0.15) is 0 Å². The van der Waals surface area contributed by atoms with Gasteiger partial charge >= 0.3 is 6.18 Å². The van der Waals surface area contributed by atoms with Crippen LogP contribution in [0.15, 0.2) is 60.4 Å².